The lowest BCUT2D eigenvalue weighted by molar-refractivity contribution is -0.127. The van der Waals surface area contributed by atoms with Gasteiger partial charge in [0.1, 0.15) is 12.3 Å². The monoisotopic (exact) mass is 504 g/mol. The number of rotatable bonds is 8. The Labute approximate surface area is 185 Å². The van der Waals surface area contributed by atoms with Gasteiger partial charge in [-0.15, -0.1) is 24.0 Å². The van der Waals surface area contributed by atoms with Crippen LogP contribution in [-0.2, 0) is 16.0 Å². The molecule has 1 aromatic rings. The number of hydrogen-bond donors (Lipinski definition) is 2. The van der Waals surface area contributed by atoms with Crippen LogP contribution in [0.4, 0.5) is 0 Å². The fourth-order valence-electron chi connectivity index (χ4n) is 2.79. The highest BCUT2D eigenvalue weighted by molar-refractivity contribution is 14.0. The number of carbonyl (C=O) groups is 1. The minimum atomic E-state index is -0.0245. The van der Waals surface area contributed by atoms with Crippen molar-refractivity contribution >= 4 is 35.8 Å². The third kappa shape index (κ3) is 8.22. The molecule has 1 atom stereocenters. The Morgan fingerprint density at radius 1 is 1.36 bits per heavy atom. The molecule has 0 bridgehead atoms. The predicted octanol–water partition coefficient (Wildman–Crippen LogP) is 1.82. The summed E-state index contributed by atoms with van der Waals surface area (Å²) in [6.07, 6.45) is 1.89. The molecule has 28 heavy (non-hydrogen) atoms. The molecule has 1 fully saturated rings. The predicted molar refractivity (Wildman–Crippen MR) is 123 cm³/mol. The molecule has 0 saturated carbocycles. The number of aryl methyl sites for hydroxylation is 1. The maximum atomic E-state index is 11.8. The van der Waals surface area contributed by atoms with Crippen LogP contribution in [0.5, 0.6) is 5.75 Å². The van der Waals surface area contributed by atoms with Gasteiger partial charge in [0.25, 0.3) is 0 Å². The topological polar surface area (TPSA) is 75.2 Å². The van der Waals surface area contributed by atoms with E-state index in [1.54, 1.807) is 26.1 Å². The summed E-state index contributed by atoms with van der Waals surface area (Å²) in [6.45, 7) is 5.27. The third-order valence-electron chi connectivity index (χ3n) is 4.63. The summed E-state index contributed by atoms with van der Waals surface area (Å²) in [7, 11) is 5.16. The van der Waals surface area contributed by atoms with Gasteiger partial charge in [0.15, 0.2) is 5.96 Å². The Morgan fingerprint density at radius 3 is 2.79 bits per heavy atom. The first kappa shape index (κ1) is 24.5. The zero-order chi connectivity index (χ0) is 19.6. The summed E-state index contributed by atoms with van der Waals surface area (Å²) in [5, 5.41) is 6.66. The van der Waals surface area contributed by atoms with Gasteiger partial charge in [-0.3, -0.25) is 4.79 Å². The number of ether oxygens (including phenoxy) is 2. The second-order valence-electron chi connectivity index (χ2n) is 7.04. The lowest BCUT2D eigenvalue weighted by atomic mass is 10.1. The van der Waals surface area contributed by atoms with E-state index in [9.17, 15) is 4.79 Å². The van der Waals surface area contributed by atoms with Gasteiger partial charge in [-0.25, -0.2) is 4.99 Å². The molecule has 1 heterocycles. The van der Waals surface area contributed by atoms with Crippen molar-refractivity contribution in [3.8, 4) is 5.75 Å². The van der Waals surface area contributed by atoms with E-state index in [1.165, 1.54) is 5.56 Å². The average molecular weight is 504 g/mol. The van der Waals surface area contributed by atoms with Crippen molar-refractivity contribution in [2.24, 2.45) is 10.9 Å². The number of nitrogens with zero attached hydrogens (tertiary/aromatic N) is 2. The summed E-state index contributed by atoms with van der Waals surface area (Å²) >= 11 is 0. The Hall–Kier alpha value is -1.55. The molecule has 1 aliphatic rings. The maximum Gasteiger partial charge on any atom is 0.243 e. The summed E-state index contributed by atoms with van der Waals surface area (Å²) in [6, 6.07) is 6.24. The maximum absolute atomic E-state index is 11.8. The lowest BCUT2D eigenvalue weighted by Gasteiger charge is -2.16. The Kier molecular flexibility index (Phi) is 11.2. The summed E-state index contributed by atoms with van der Waals surface area (Å²) in [5.74, 6) is 2.03. The minimum Gasteiger partial charge on any atom is -0.496 e. The molecule has 1 aromatic carbocycles. The van der Waals surface area contributed by atoms with Crippen molar-refractivity contribution < 1.29 is 14.3 Å². The van der Waals surface area contributed by atoms with E-state index in [0.717, 1.165) is 50.5 Å². The van der Waals surface area contributed by atoms with E-state index in [-0.39, 0.29) is 36.4 Å². The molecule has 1 saturated heterocycles. The number of methoxy groups -OCH3 is 1. The molecule has 0 aromatic heterocycles. The first-order valence-electron chi connectivity index (χ1n) is 9.43. The van der Waals surface area contributed by atoms with E-state index >= 15 is 0 Å². The van der Waals surface area contributed by atoms with E-state index < -0.39 is 0 Å². The number of guanidine groups is 1. The number of carbonyl (C=O) groups excluding carboxylic acids is 1. The zero-order valence-corrected chi connectivity index (χ0v) is 19.6. The van der Waals surface area contributed by atoms with Gasteiger partial charge < -0.3 is 25.0 Å². The van der Waals surface area contributed by atoms with Gasteiger partial charge in [-0.05, 0) is 37.0 Å². The van der Waals surface area contributed by atoms with Crippen molar-refractivity contribution in [1.29, 1.82) is 0 Å². The molecule has 158 valence electrons. The van der Waals surface area contributed by atoms with Crippen molar-refractivity contribution in [1.82, 2.24) is 15.5 Å². The number of nitrogens with one attached hydrogen (secondary N) is 2. The number of likely N-dealkylation sites (N-methyl/N-ethyl adjacent to an activating group) is 1. The largest absolute Gasteiger partial charge is 0.496 e. The Balaban J connectivity index is 0.00000392. The summed E-state index contributed by atoms with van der Waals surface area (Å²) < 4.78 is 10.8. The second-order valence-corrected chi connectivity index (χ2v) is 7.04. The summed E-state index contributed by atoms with van der Waals surface area (Å²) in [4.78, 5) is 17.8. The van der Waals surface area contributed by atoms with Crippen LogP contribution in [-0.4, -0.2) is 70.8 Å². The van der Waals surface area contributed by atoms with Crippen LogP contribution >= 0.6 is 24.0 Å². The van der Waals surface area contributed by atoms with E-state index in [2.05, 4.69) is 33.8 Å². The number of halogens is 1. The number of aliphatic imine (C=N–C) groups is 1. The second kappa shape index (κ2) is 12.8. The molecule has 8 heteroatoms. The van der Waals surface area contributed by atoms with Crippen LogP contribution in [0.2, 0.25) is 0 Å². The fraction of sp³-hybridized carbons (Fsp3) is 0.600. The molecule has 1 aliphatic heterocycles. The molecule has 0 aliphatic carbocycles. The van der Waals surface area contributed by atoms with Crippen LogP contribution in [0.1, 0.15) is 17.5 Å². The van der Waals surface area contributed by atoms with Crippen molar-refractivity contribution in [3.63, 3.8) is 0 Å². The normalized spacial score (nSPS) is 16.3. The highest BCUT2D eigenvalue weighted by Crippen LogP contribution is 2.19. The first-order valence-corrected chi connectivity index (χ1v) is 9.43. The molecule has 7 nitrogen and oxygen atoms in total. The van der Waals surface area contributed by atoms with Gasteiger partial charge in [0, 0.05) is 39.7 Å². The van der Waals surface area contributed by atoms with Crippen molar-refractivity contribution in [3.05, 3.63) is 29.3 Å². The smallest absolute Gasteiger partial charge is 0.243 e. The number of amides is 1. The molecular formula is C20H33IN4O3. The minimum absolute atomic E-state index is 0. The van der Waals surface area contributed by atoms with Gasteiger partial charge in [0.05, 0.1) is 13.7 Å². The number of benzene rings is 1. The van der Waals surface area contributed by atoms with Crippen molar-refractivity contribution in [2.75, 3.05) is 54.1 Å². The third-order valence-corrected chi connectivity index (χ3v) is 4.63. The van der Waals surface area contributed by atoms with Crippen LogP contribution < -0.4 is 15.4 Å². The first-order chi connectivity index (χ1) is 13.0. The van der Waals surface area contributed by atoms with Gasteiger partial charge in [-0.2, -0.15) is 0 Å². The quantitative estimate of drug-likeness (QED) is 0.321. The van der Waals surface area contributed by atoms with Gasteiger partial charge in [0.2, 0.25) is 5.91 Å². The van der Waals surface area contributed by atoms with E-state index in [0.29, 0.717) is 11.9 Å². The van der Waals surface area contributed by atoms with Crippen LogP contribution in [0.25, 0.3) is 0 Å². The SMILES string of the molecule is COc1cc(CCNC(=NCC(=O)N(C)C)NCC2CCOC2)ccc1C.I. The highest BCUT2D eigenvalue weighted by atomic mass is 127. The molecule has 0 spiro atoms. The standard InChI is InChI=1S/C20H32N4O3.HI/c1-15-5-6-16(11-18(15)26-4)7-9-21-20(23-13-19(25)24(2)3)22-12-17-8-10-27-14-17;/h5-6,11,17H,7-10,12-14H2,1-4H3,(H2,21,22,23);1H. The average Bonchev–Trinajstić information content (AvgIpc) is 3.17. The molecular weight excluding hydrogens is 471 g/mol. The fourth-order valence-corrected chi connectivity index (χ4v) is 2.79. The number of hydrogen-bond acceptors (Lipinski definition) is 4. The van der Waals surface area contributed by atoms with Gasteiger partial charge in [-0.1, -0.05) is 12.1 Å². The zero-order valence-electron chi connectivity index (χ0n) is 17.3. The van der Waals surface area contributed by atoms with Crippen LogP contribution in [0.15, 0.2) is 23.2 Å². The summed E-state index contributed by atoms with van der Waals surface area (Å²) in [5.41, 5.74) is 2.32. The molecule has 2 rings (SSSR count). The van der Waals surface area contributed by atoms with Gasteiger partial charge >= 0.3 is 0 Å². The van der Waals surface area contributed by atoms with E-state index in [4.69, 9.17) is 9.47 Å². The molecule has 0 radical (unpaired) electrons. The van der Waals surface area contributed by atoms with Crippen LogP contribution in [0.3, 0.4) is 0 Å². The molecule has 1 unspecified atom stereocenters. The lowest BCUT2D eigenvalue weighted by Crippen LogP contribution is -2.41. The molecule has 1 amide bonds. The Morgan fingerprint density at radius 2 is 2.14 bits per heavy atom. The van der Waals surface area contributed by atoms with Crippen LogP contribution in [0, 0.1) is 12.8 Å². The van der Waals surface area contributed by atoms with E-state index in [1.807, 2.05) is 6.92 Å². The molecule has 2 N–H and O–H groups in total. The highest BCUT2D eigenvalue weighted by Gasteiger charge is 2.16. The van der Waals surface area contributed by atoms with Crippen molar-refractivity contribution in [2.45, 2.75) is 19.8 Å². The Bertz CT molecular complexity index is 646.